The minimum Gasteiger partial charge on any atom is -0.393 e. The van der Waals surface area contributed by atoms with E-state index in [4.69, 9.17) is 4.74 Å². The number of likely N-dealkylation sites (tertiary alicyclic amines) is 1. The average molecular weight is 392 g/mol. The van der Waals surface area contributed by atoms with Crippen LogP contribution in [-0.4, -0.2) is 50.3 Å². The van der Waals surface area contributed by atoms with Crippen molar-refractivity contribution in [3.63, 3.8) is 0 Å². The molecule has 0 saturated carbocycles. The molecule has 27 heavy (non-hydrogen) atoms. The predicted molar refractivity (Wildman–Crippen MR) is 106 cm³/mol. The van der Waals surface area contributed by atoms with Crippen LogP contribution in [0.15, 0.2) is 22.4 Å². The number of aromatic nitrogens is 2. The van der Waals surface area contributed by atoms with Gasteiger partial charge in [-0.2, -0.15) is 0 Å². The Morgan fingerprint density at radius 2 is 2.11 bits per heavy atom. The summed E-state index contributed by atoms with van der Waals surface area (Å²) in [5, 5.41) is 12.3. The Balaban J connectivity index is 1.43. The van der Waals surface area contributed by atoms with Gasteiger partial charge in [-0.3, -0.25) is 14.1 Å². The van der Waals surface area contributed by atoms with Crippen molar-refractivity contribution in [3.8, 4) is 0 Å². The van der Waals surface area contributed by atoms with Crippen LogP contribution >= 0.6 is 11.3 Å². The molecule has 2 saturated heterocycles. The van der Waals surface area contributed by atoms with E-state index in [1.165, 1.54) is 11.3 Å². The van der Waals surface area contributed by atoms with E-state index in [1.54, 1.807) is 16.7 Å². The first-order valence-corrected chi connectivity index (χ1v) is 10.7. The van der Waals surface area contributed by atoms with Gasteiger partial charge in [-0.1, -0.05) is 20.8 Å². The van der Waals surface area contributed by atoms with Crippen LogP contribution in [0, 0.1) is 5.41 Å². The van der Waals surface area contributed by atoms with Crippen molar-refractivity contribution in [3.05, 3.63) is 33.7 Å². The molecule has 6 nitrogen and oxygen atoms in total. The number of hydrogen-bond donors (Lipinski definition) is 1. The van der Waals surface area contributed by atoms with E-state index >= 15 is 0 Å². The molecule has 2 aromatic heterocycles. The second kappa shape index (κ2) is 6.95. The molecule has 0 unspecified atom stereocenters. The van der Waals surface area contributed by atoms with Gasteiger partial charge in [-0.05, 0) is 18.3 Å². The number of thiazole rings is 1. The van der Waals surface area contributed by atoms with E-state index in [0.717, 1.165) is 49.4 Å². The van der Waals surface area contributed by atoms with Crippen molar-refractivity contribution in [1.29, 1.82) is 0 Å². The minimum atomic E-state index is -0.280. The standard InChI is InChI=1S/C20H29N3O3S/c1-19(2,3)16-11-15(24)12-20(26-16)4-6-22(7-5-20)13-14-10-17(25)23-8-9-27-18(23)21-14/h8-10,15-16,24H,4-7,11-13H2,1-3H3/t15-,16-/m1/s1. The summed E-state index contributed by atoms with van der Waals surface area (Å²) in [6, 6.07) is 1.64. The second-order valence-electron chi connectivity index (χ2n) is 9.17. The molecule has 4 heterocycles. The van der Waals surface area contributed by atoms with E-state index in [9.17, 15) is 9.90 Å². The molecule has 2 atom stereocenters. The normalized spacial score (nSPS) is 26.7. The predicted octanol–water partition coefficient (Wildman–Crippen LogP) is 2.68. The molecule has 0 aromatic carbocycles. The molecule has 4 rings (SSSR count). The number of nitrogens with zero attached hydrogens (tertiary/aromatic N) is 3. The smallest absolute Gasteiger partial charge is 0.258 e. The summed E-state index contributed by atoms with van der Waals surface area (Å²) in [6.07, 6.45) is 4.86. The highest BCUT2D eigenvalue weighted by Crippen LogP contribution is 2.42. The molecule has 1 spiro atoms. The molecule has 0 amide bonds. The van der Waals surface area contributed by atoms with Crippen LogP contribution in [0.3, 0.4) is 0 Å². The molecule has 1 N–H and O–H groups in total. The third-order valence-electron chi connectivity index (χ3n) is 5.96. The quantitative estimate of drug-likeness (QED) is 0.853. The highest BCUT2D eigenvalue weighted by atomic mass is 32.1. The van der Waals surface area contributed by atoms with Gasteiger partial charge >= 0.3 is 0 Å². The van der Waals surface area contributed by atoms with Crippen LogP contribution in [0.25, 0.3) is 4.96 Å². The summed E-state index contributed by atoms with van der Waals surface area (Å²) in [6.45, 7) is 9.03. The lowest BCUT2D eigenvalue weighted by molar-refractivity contribution is -0.208. The van der Waals surface area contributed by atoms with Gasteiger partial charge in [0.15, 0.2) is 4.96 Å². The van der Waals surface area contributed by atoms with Crippen molar-refractivity contribution in [2.24, 2.45) is 5.41 Å². The van der Waals surface area contributed by atoms with Crippen molar-refractivity contribution in [2.45, 2.75) is 70.8 Å². The average Bonchev–Trinajstić information content (AvgIpc) is 3.05. The third kappa shape index (κ3) is 3.97. The topological polar surface area (TPSA) is 67.1 Å². The Morgan fingerprint density at radius 3 is 2.81 bits per heavy atom. The van der Waals surface area contributed by atoms with E-state index in [1.807, 2.05) is 5.38 Å². The first kappa shape index (κ1) is 19.1. The van der Waals surface area contributed by atoms with Crippen LogP contribution in [-0.2, 0) is 11.3 Å². The van der Waals surface area contributed by atoms with Crippen LogP contribution in [0.1, 0.15) is 52.1 Å². The molecule has 0 aliphatic carbocycles. The number of hydrogen-bond acceptors (Lipinski definition) is 6. The van der Waals surface area contributed by atoms with Gasteiger partial charge < -0.3 is 9.84 Å². The number of ether oxygens (including phenoxy) is 1. The van der Waals surface area contributed by atoms with Gasteiger partial charge in [0, 0.05) is 50.1 Å². The fraction of sp³-hybridized carbons (Fsp3) is 0.700. The Hall–Kier alpha value is -1.28. The first-order valence-electron chi connectivity index (χ1n) is 9.78. The van der Waals surface area contributed by atoms with Crippen molar-refractivity contribution in [2.75, 3.05) is 13.1 Å². The summed E-state index contributed by atoms with van der Waals surface area (Å²) in [5.74, 6) is 0. The lowest BCUT2D eigenvalue weighted by Crippen LogP contribution is -2.55. The van der Waals surface area contributed by atoms with Gasteiger partial charge in [0.1, 0.15) is 0 Å². The van der Waals surface area contributed by atoms with E-state index < -0.39 is 0 Å². The Bertz CT molecular complexity index is 861. The molecule has 2 aliphatic rings. The zero-order valence-electron chi connectivity index (χ0n) is 16.4. The Kier molecular flexibility index (Phi) is 4.91. The first-order chi connectivity index (χ1) is 12.7. The van der Waals surface area contributed by atoms with Gasteiger partial charge in [0.2, 0.25) is 0 Å². The Labute approximate surface area is 163 Å². The maximum Gasteiger partial charge on any atom is 0.258 e. The number of fused-ring (bicyclic) bond motifs is 1. The van der Waals surface area contributed by atoms with Crippen LogP contribution in [0.5, 0.6) is 0 Å². The van der Waals surface area contributed by atoms with E-state index in [0.29, 0.717) is 6.54 Å². The molecule has 2 aromatic rings. The highest BCUT2D eigenvalue weighted by molar-refractivity contribution is 7.15. The van der Waals surface area contributed by atoms with Crippen LogP contribution < -0.4 is 5.56 Å². The lowest BCUT2D eigenvalue weighted by Gasteiger charge is -2.50. The van der Waals surface area contributed by atoms with Crippen LogP contribution in [0.2, 0.25) is 0 Å². The molecule has 0 radical (unpaired) electrons. The number of aliphatic hydroxyl groups excluding tert-OH is 1. The maximum absolute atomic E-state index is 12.2. The third-order valence-corrected chi connectivity index (χ3v) is 6.72. The van der Waals surface area contributed by atoms with Crippen molar-refractivity contribution >= 4 is 16.3 Å². The fourth-order valence-corrected chi connectivity index (χ4v) is 5.07. The summed E-state index contributed by atoms with van der Waals surface area (Å²) in [4.78, 5) is 19.9. The largest absolute Gasteiger partial charge is 0.393 e. The molecular weight excluding hydrogens is 362 g/mol. The second-order valence-corrected chi connectivity index (χ2v) is 10.0. The molecule has 0 bridgehead atoms. The van der Waals surface area contributed by atoms with Gasteiger partial charge in [0.25, 0.3) is 5.56 Å². The highest BCUT2D eigenvalue weighted by Gasteiger charge is 2.46. The lowest BCUT2D eigenvalue weighted by atomic mass is 9.76. The molecule has 148 valence electrons. The minimum absolute atomic E-state index is 0.0171. The van der Waals surface area contributed by atoms with Gasteiger partial charge in [-0.25, -0.2) is 4.98 Å². The van der Waals surface area contributed by atoms with E-state index in [-0.39, 0.29) is 28.8 Å². The summed E-state index contributed by atoms with van der Waals surface area (Å²) >= 11 is 1.48. The van der Waals surface area contributed by atoms with Gasteiger partial charge in [0.05, 0.1) is 23.5 Å². The molecule has 2 aliphatic heterocycles. The van der Waals surface area contributed by atoms with Crippen molar-refractivity contribution < 1.29 is 9.84 Å². The summed E-state index contributed by atoms with van der Waals surface area (Å²) in [7, 11) is 0. The molecule has 7 heteroatoms. The van der Waals surface area contributed by atoms with Crippen LogP contribution in [0.4, 0.5) is 0 Å². The SMILES string of the molecule is CC(C)(C)[C@H]1C[C@@H](O)CC2(CCN(Cc3cc(=O)n4ccsc4n3)CC2)O1. The number of rotatable bonds is 2. The monoisotopic (exact) mass is 391 g/mol. The zero-order chi connectivity index (χ0) is 19.2. The number of piperidine rings is 1. The molecular formula is C20H29N3O3S. The summed E-state index contributed by atoms with van der Waals surface area (Å²) in [5.41, 5.74) is 0.636. The maximum atomic E-state index is 12.2. The summed E-state index contributed by atoms with van der Waals surface area (Å²) < 4.78 is 8.15. The Morgan fingerprint density at radius 1 is 1.37 bits per heavy atom. The fourth-order valence-electron chi connectivity index (χ4n) is 4.33. The van der Waals surface area contributed by atoms with Gasteiger partial charge in [-0.15, -0.1) is 11.3 Å². The zero-order valence-corrected chi connectivity index (χ0v) is 17.2. The van der Waals surface area contributed by atoms with Crippen molar-refractivity contribution in [1.82, 2.24) is 14.3 Å². The van der Waals surface area contributed by atoms with E-state index in [2.05, 4.69) is 30.7 Å². The number of aliphatic hydroxyl groups is 1. The molecule has 2 fully saturated rings.